The van der Waals surface area contributed by atoms with Gasteiger partial charge in [0.25, 0.3) is 0 Å². The first-order valence-electron chi connectivity index (χ1n) is 4.98. The smallest absolute Gasteiger partial charge is 0.0741 e. The Morgan fingerprint density at radius 1 is 1.46 bits per heavy atom. The van der Waals surface area contributed by atoms with Crippen molar-refractivity contribution in [3.63, 3.8) is 0 Å². The third kappa shape index (κ3) is 8.60. The molecule has 0 aromatic carbocycles. The number of aliphatic hydroxyl groups is 1. The molecule has 80 valence electrons. The van der Waals surface area contributed by atoms with Gasteiger partial charge >= 0.3 is 0 Å². The van der Waals surface area contributed by atoms with Crippen LogP contribution in [0, 0.1) is 5.92 Å². The second kappa shape index (κ2) is 6.68. The van der Waals surface area contributed by atoms with Gasteiger partial charge in [-0.3, -0.25) is 0 Å². The number of hydrogen-bond acceptors (Lipinski definition) is 3. The van der Waals surface area contributed by atoms with Crippen molar-refractivity contribution in [1.82, 2.24) is 0 Å². The average Bonchev–Trinajstić information content (AvgIpc) is 2.03. The van der Waals surface area contributed by atoms with Gasteiger partial charge in [-0.15, -0.1) is 0 Å². The normalized spacial score (nSPS) is 16.2. The van der Waals surface area contributed by atoms with E-state index >= 15 is 0 Å². The molecule has 0 amide bonds. The average molecular weight is 205 g/mol. The molecular weight excluding hydrogens is 182 g/mol. The highest BCUT2D eigenvalue weighted by Crippen LogP contribution is 2.15. The fraction of sp³-hybridized carbons (Fsp3) is 1.00. The Balaban J connectivity index is 3.26. The minimum absolute atomic E-state index is 0.363. The van der Waals surface area contributed by atoms with Gasteiger partial charge in [0.05, 0.1) is 5.60 Å². The Hall–Kier alpha value is 0.270. The summed E-state index contributed by atoms with van der Waals surface area (Å²) in [7, 11) is 0. The maximum atomic E-state index is 9.60. The summed E-state index contributed by atoms with van der Waals surface area (Å²) in [6.07, 6.45) is 1.87. The SMILES string of the molecule is CC(C)CSCCCC(C)(O)CN. The Kier molecular flexibility index (Phi) is 6.82. The van der Waals surface area contributed by atoms with Gasteiger partial charge in [0, 0.05) is 6.54 Å². The third-order valence-corrected chi connectivity index (χ3v) is 3.37. The second-order valence-corrected chi connectivity index (χ2v) is 5.42. The van der Waals surface area contributed by atoms with Gasteiger partial charge in [0.1, 0.15) is 0 Å². The molecular formula is C10H23NOS. The van der Waals surface area contributed by atoms with Crippen LogP contribution in [0.15, 0.2) is 0 Å². The first-order chi connectivity index (χ1) is 5.98. The van der Waals surface area contributed by atoms with E-state index in [-0.39, 0.29) is 0 Å². The summed E-state index contributed by atoms with van der Waals surface area (Å²) in [6, 6.07) is 0. The lowest BCUT2D eigenvalue weighted by Crippen LogP contribution is -2.34. The standard InChI is InChI=1S/C10H23NOS/c1-9(2)7-13-6-4-5-10(3,12)8-11/h9,12H,4-8,11H2,1-3H3. The van der Waals surface area contributed by atoms with Crippen LogP contribution >= 0.6 is 11.8 Å². The number of thioether (sulfide) groups is 1. The van der Waals surface area contributed by atoms with E-state index in [2.05, 4.69) is 13.8 Å². The molecule has 0 spiro atoms. The maximum absolute atomic E-state index is 9.60. The van der Waals surface area contributed by atoms with Gasteiger partial charge in [-0.2, -0.15) is 11.8 Å². The predicted molar refractivity (Wildman–Crippen MR) is 61.1 cm³/mol. The molecule has 0 radical (unpaired) electrons. The first-order valence-corrected chi connectivity index (χ1v) is 6.13. The van der Waals surface area contributed by atoms with Gasteiger partial charge in [-0.05, 0) is 37.2 Å². The van der Waals surface area contributed by atoms with Crippen LogP contribution in [-0.4, -0.2) is 28.8 Å². The minimum atomic E-state index is -0.654. The van der Waals surface area contributed by atoms with Crippen LogP contribution < -0.4 is 5.73 Å². The lowest BCUT2D eigenvalue weighted by Gasteiger charge is -2.20. The highest BCUT2D eigenvalue weighted by Gasteiger charge is 2.16. The summed E-state index contributed by atoms with van der Waals surface area (Å²) in [5.41, 5.74) is 4.76. The van der Waals surface area contributed by atoms with E-state index in [0.29, 0.717) is 6.54 Å². The molecule has 0 saturated carbocycles. The molecule has 0 heterocycles. The quantitative estimate of drug-likeness (QED) is 0.624. The van der Waals surface area contributed by atoms with Crippen LogP contribution in [-0.2, 0) is 0 Å². The minimum Gasteiger partial charge on any atom is -0.389 e. The molecule has 0 aliphatic carbocycles. The Morgan fingerprint density at radius 2 is 2.08 bits per heavy atom. The molecule has 0 bridgehead atoms. The fourth-order valence-corrected chi connectivity index (χ4v) is 1.96. The molecule has 0 fully saturated rings. The van der Waals surface area contributed by atoms with Crippen LogP contribution in [0.25, 0.3) is 0 Å². The van der Waals surface area contributed by atoms with Crippen LogP contribution in [0.1, 0.15) is 33.6 Å². The zero-order chi connectivity index (χ0) is 10.3. The molecule has 1 atom stereocenters. The lowest BCUT2D eigenvalue weighted by molar-refractivity contribution is 0.0596. The van der Waals surface area contributed by atoms with Gasteiger partial charge in [0.2, 0.25) is 0 Å². The molecule has 0 saturated heterocycles. The van der Waals surface area contributed by atoms with Crippen molar-refractivity contribution < 1.29 is 5.11 Å². The summed E-state index contributed by atoms with van der Waals surface area (Å²) in [5.74, 6) is 3.11. The highest BCUT2D eigenvalue weighted by atomic mass is 32.2. The van der Waals surface area contributed by atoms with Crippen molar-refractivity contribution >= 4 is 11.8 Å². The molecule has 0 rings (SSSR count). The predicted octanol–water partition coefficient (Wildman–Crippen LogP) is 1.87. The van der Waals surface area contributed by atoms with Crippen LogP contribution in [0.5, 0.6) is 0 Å². The molecule has 0 aromatic rings. The monoisotopic (exact) mass is 205 g/mol. The Morgan fingerprint density at radius 3 is 2.54 bits per heavy atom. The zero-order valence-electron chi connectivity index (χ0n) is 9.05. The molecule has 0 aromatic heterocycles. The van der Waals surface area contributed by atoms with Crippen molar-refractivity contribution in [2.75, 3.05) is 18.1 Å². The van der Waals surface area contributed by atoms with E-state index in [1.54, 1.807) is 6.92 Å². The first kappa shape index (κ1) is 13.3. The summed E-state index contributed by atoms with van der Waals surface area (Å²) < 4.78 is 0. The largest absolute Gasteiger partial charge is 0.389 e. The Bertz CT molecular complexity index is 126. The second-order valence-electron chi connectivity index (χ2n) is 4.27. The van der Waals surface area contributed by atoms with Crippen molar-refractivity contribution in [3.8, 4) is 0 Å². The molecule has 0 aliphatic heterocycles. The molecule has 3 heteroatoms. The van der Waals surface area contributed by atoms with E-state index in [1.807, 2.05) is 11.8 Å². The van der Waals surface area contributed by atoms with Crippen molar-refractivity contribution in [2.45, 2.75) is 39.2 Å². The van der Waals surface area contributed by atoms with Gasteiger partial charge in [-0.1, -0.05) is 13.8 Å². The van der Waals surface area contributed by atoms with E-state index in [4.69, 9.17) is 5.73 Å². The highest BCUT2D eigenvalue weighted by molar-refractivity contribution is 7.99. The van der Waals surface area contributed by atoms with Crippen LogP contribution in [0.3, 0.4) is 0 Å². The zero-order valence-corrected chi connectivity index (χ0v) is 9.86. The summed E-state index contributed by atoms with van der Waals surface area (Å²) in [6.45, 7) is 6.62. The van der Waals surface area contributed by atoms with E-state index in [0.717, 1.165) is 24.5 Å². The van der Waals surface area contributed by atoms with Crippen LogP contribution in [0.4, 0.5) is 0 Å². The summed E-state index contributed by atoms with van der Waals surface area (Å²) >= 11 is 1.96. The lowest BCUT2D eigenvalue weighted by atomic mass is 10.0. The van der Waals surface area contributed by atoms with Gasteiger partial charge < -0.3 is 10.8 Å². The van der Waals surface area contributed by atoms with E-state index in [9.17, 15) is 5.11 Å². The number of rotatable bonds is 7. The topological polar surface area (TPSA) is 46.2 Å². The molecule has 1 unspecified atom stereocenters. The molecule has 0 aliphatic rings. The van der Waals surface area contributed by atoms with E-state index in [1.165, 1.54) is 5.75 Å². The molecule has 13 heavy (non-hydrogen) atoms. The summed E-state index contributed by atoms with van der Waals surface area (Å²) in [5, 5.41) is 9.60. The fourth-order valence-electron chi connectivity index (χ4n) is 0.976. The van der Waals surface area contributed by atoms with Gasteiger partial charge in [-0.25, -0.2) is 0 Å². The van der Waals surface area contributed by atoms with Crippen molar-refractivity contribution in [3.05, 3.63) is 0 Å². The Labute approximate surface area is 86.3 Å². The molecule has 3 N–H and O–H groups in total. The van der Waals surface area contributed by atoms with Crippen LogP contribution in [0.2, 0.25) is 0 Å². The van der Waals surface area contributed by atoms with Crippen molar-refractivity contribution in [1.29, 1.82) is 0 Å². The number of hydrogen-bond donors (Lipinski definition) is 2. The van der Waals surface area contributed by atoms with Gasteiger partial charge in [0.15, 0.2) is 0 Å². The summed E-state index contributed by atoms with van der Waals surface area (Å²) in [4.78, 5) is 0. The van der Waals surface area contributed by atoms with Crippen molar-refractivity contribution in [2.24, 2.45) is 11.7 Å². The molecule has 2 nitrogen and oxygen atoms in total. The third-order valence-electron chi connectivity index (χ3n) is 1.89. The maximum Gasteiger partial charge on any atom is 0.0741 e. The van der Waals surface area contributed by atoms with E-state index < -0.39 is 5.60 Å². The number of nitrogens with two attached hydrogens (primary N) is 1.